The van der Waals surface area contributed by atoms with Gasteiger partial charge in [-0.25, -0.2) is 9.97 Å². The van der Waals surface area contributed by atoms with Crippen molar-refractivity contribution >= 4 is 65.4 Å². The third-order valence-electron chi connectivity index (χ3n) is 11.7. The minimum absolute atomic E-state index is 0.842. The SMILES string of the molecule is c1ccc(-c2cccc(-c3nc4cc(-n5c6ccccc6c6cc7c8ccc9ccccc9c8n(-c8ccccc8)c7cc65)ccc4nc3-c3ccccc3)c2)cc1. The Morgan fingerprint density at radius 1 is 0.293 bits per heavy atom. The van der Waals surface area contributed by atoms with Crippen molar-refractivity contribution in [2.24, 2.45) is 0 Å². The Balaban J connectivity index is 1.12. The molecule has 0 aliphatic heterocycles. The summed E-state index contributed by atoms with van der Waals surface area (Å²) in [5.41, 5.74) is 14.7. The molecule has 0 bridgehead atoms. The summed E-state index contributed by atoms with van der Waals surface area (Å²) < 4.78 is 4.85. The molecule has 12 aromatic rings. The van der Waals surface area contributed by atoms with Crippen molar-refractivity contribution in [3.63, 3.8) is 0 Å². The van der Waals surface area contributed by atoms with Crippen LogP contribution in [0.25, 0.3) is 110 Å². The third-order valence-corrected chi connectivity index (χ3v) is 11.7. The highest BCUT2D eigenvalue weighted by molar-refractivity contribution is 6.23. The summed E-state index contributed by atoms with van der Waals surface area (Å²) >= 11 is 0. The van der Waals surface area contributed by atoms with Gasteiger partial charge in [-0.05, 0) is 71.1 Å². The lowest BCUT2D eigenvalue weighted by atomic mass is 9.99. The second-order valence-corrected chi connectivity index (χ2v) is 15.0. The zero-order valence-electron chi connectivity index (χ0n) is 31.4. The molecule has 0 fully saturated rings. The van der Waals surface area contributed by atoms with Crippen LogP contribution in [-0.4, -0.2) is 19.1 Å². The Morgan fingerprint density at radius 3 is 1.74 bits per heavy atom. The monoisotopic (exact) mass is 738 g/mol. The summed E-state index contributed by atoms with van der Waals surface area (Å²) in [5.74, 6) is 0. The van der Waals surface area contributed by atoms with E-state index in [9.17, 15) is 0 Å². The van der Waals surface area contributed by atoms with Crippen LogP contribution in [0.4, 0.5) is 0 Å². The summed E-state index contributed by atoms with van der Waals surface area (Å²) in [6.07, 6.45) is 0. The van der Waals surface area contributed by atoms with Gasteiger partial charge in [0.15, 0.2) is 0 Å². The molecule has 0 saturated carbocycles. The maximum Gasteiger partial charge on any atom is 0.0973 e. The lowest BCUT2D eigenvalue weighted by molar-refractivity contribution is 1.17. The van der Waals surface area contributed by atoms with Crippen LogP contribution in [0.15, 0.2) is 206 Å². The molecular weight excluding hydrogens is 705 g/mol. The van der Waals surface area contributed by atoms with Crippen molar-refractivity contribution in [2.75, 3.05) is 0 Å². The van der Waals surface area contributed by atoms with Crippen molar-refractivity contribution in [3.05, 3.63) is 206 Å². The molecule has 0 amide bonds. The number of benzene rings is 9. The van der Waals surface area contributed by atoms with E-state index in [0.29, 0.717) is 0 Å². The predicted molar refractivity (Wildman–Crippen MR) is 242 cm³/mol. The first-order valence-electron chi connectivity index (χ1n) is 19.7. The summed E-state index contributed by atoms with van der Waals surface area (Å²) in [6, 6.07) is 73.7. The lowest BCUT2D eigenvalue weighted by Gasteiger charge is -2.14. The van der Waals surface area contributed by atoms with Gasteiger partial charge >= 0.3 is 0 Å². The standard InChI is InChI=1S/C54H34N4/c1-4-15-35(16-5-1)38-20-14-21-39(31-38)53-52(37-18-6-2-7-19-37)55-47-30-28-41(32-48(47)56-53)57-49-26-13-12-25-43(49)45-33-46-44-29-27-36-17-10-11-24-42(36)54(44)58(51(46)34-50(45)57)40-22-8-3-9-23-40/h1-34H. The van der Waals surface area contributed by atoms with Crippen LogP contribution in [0, 0.1) is 0 Å². The first kappa shape index (κ1) is 32.4. The molecule has 270 valence electrons. The summed E-state index contributed by atoms with van der Waals surface area (Å²) in [7, 11) is 0. The first-order valence-corrected chi connectivity index (χ1v) is 19.7. The maximum absolute atomic E-state index is 5.47. The van der Waals surface area contributed by atoms with E-state index in [1.54, 1.807) is 0 Å². The van der Waals surface area contributed by atoms with Crippen LogP contribution in [0.3, 0.4) is 0 Å². The van der Waals surface area contributed by atoms with Crippen LogP contribution < -0.4 is 0 Å². The minimum atomic E-state index is 0.842. The van der Waals surface area contributed by atoms with Gasteiger partial charge in [-0.3, -0.25) is 0 Å². The van der Waals surface area contributed by atoms with Crippen molar-refractivity contribution in [3.8, 4) is 45.0 Å². The highest BCUT2D eigenvalue weighted by Crippen LogP contribution is 2.42. The van der Waals surface area contributed by atoms with Crippen molar-refractivity contribution in [1.82, 2.24) is 19.1 Å². The molecule has 0 atom stereocenters. The third kappa shape index (κ3) is 5.02. The minimum Gasteiger partial charge on any atom is -0.309 e. The number of nitrogens with zero attached hydrogens (tertiary/aromatic N) is 4. The predicted octanol–water partition coefficient (Wildman–Crippen LogP) is 14.0. The Hall–Kier alpha value is -7.82. The van der Waals surface area contributed by atoms with E-state index in [1.165, 1.54) is 48.9 Å². The van der Waals surface area contributed by atoms with E-state index < -0.39 is 0 Å². The van der Waals surface area contributed by atoms with Crippen molar-refractivity contribution < 1.29 is 0 Å². The highest BCUT2D eigenvalue weighted by Gasteiger charge is 2.21. The molecule has 3 heterocycles. The number of hydrogen-bond donors (Lipinski definition) is 0. The van der Waals surface area contributed by atoms with E-state index in [-0.39, 0.29) is 0 Å². The van der Waals surface area contributed by atoms with Gasteiger partial charge in [0.2, 0.25) is 0 Å². The summed E-state index contributed by atoms with van der Waals surface area (Å²) in [5, 5.41) is 7.38. The van der Waals surface area contributed by atoms with Gasteiger partial charge in [-0.15, -0.1) is 0 Å². The second kappa shape index (κ2) is 12.9. The van der Waals surface area contributed by atoms with E-state index in [1.807, 2.05) is 6.07 Å². The van der Waals surface area contributed by atoms with Gasteiger partial charge in [0.05, 0.1) is 44.5 Å². The van der Waals surface area contributed by atoms with Gasteiger partial charge in [0, 0.05) is 49.4 Å². The van der Waals surface area contributed by atoms with Crippen LogP contribution in [-0.2, 0) is 0 Å². The quantitative estimate of drug-likeness (QED) is 0.176. The van der Waals surface area contributed by atoms with Crippen LogP contribution in [0.5, 0.6) is 0 Å². The molecule has 0 N–H and O–H groups in total. The maximum atomic E-state index is 5.47. The average molecular weight is 739 g/mol. The summed E-state index contributed by atoms with van der Waals surface area (Å²) in [6.45, 7) is 0. The smallest absolute Gasteiger partial charge is 0.0973 e. The number of fused-ring (bicyclic) bond motifs is 9. The Kier molecular flexibility index (Phi) is 7.20. The van der Waals surface area contributed by atoms with Crippen molar-refractivity contribution in [2.45, 2.75) is 0 Å². The first-order chi connectivity index (χ1) is 28.8. The molecule has 0 aliphatic rings. The number of para-hydroxylation sites is 2. The normalized spacial score (nSPS) is 11.8. The van der Waals surface area contributed by atoms with Gasteiger partial charge in [-0.2, -0.15) is 0 Å². The molecule has 9 aromatic carbocycles. The molecular formula is C54H34N4. The second-order valence-electron chi connectivity index (χ2n) is 15.0. The van der Waals surface area contributed by atoms with Gasteiger partial charge < -0.3 is 9.13 Å². The molecule has 4 nitrogen and oxygen atoms in total. The van der Waals surface area contributed by atoms with Crippen LogP contribution in [0.2, 0.25) is 0 Å². The van der Waals surface area contributed by atoms with Crippen LogP contribution in [0.1, 0.15) is 0 Å². The molecule has 58 heavy (non-hydrogen) atoms. The van der Waals surface area contributed by atoms with E-state index in [4.69, 9.17) is 9.97 Å². The topological polar surface area (TPSA) is 35.6 Å². The fourth-order valence-corrected chi connectivity index (χ4v) is 9.02. The zero-order chi connectivity index (χ0) is 38.2. The molecule has 0 saturated heterocycles. The Labute approximate surface area is 334 Å². The average Bonchev–Trinajstić information content (AvgIpc) is 3.80. The lowest BCUT2D eigenvalue weighted by Crippen LogP contribution is -1.99. The van der Waals surface area contributed by atoms with E-state index in [2.05, 4.69) is 209 Å². The summed E-state index contributed by atoms with van der Waals surface area (Å²) in [4.78, 5) is 10.8. The van der Waals surface area contributed by atoms with Gasteiger partial charge in [0.25, 0.3) is 0 Å². The number of hydrogen-bond acceptors (Lipinski definition) is 2. The molecule has 3 aromatic heterocycles. The molecule has 0 aliphatic carbocycles. The van der Waals surface area contributed by atoms with Gasteiger partial charge in [0.1, 0.15) is 0 Å². The largest absolute Gasteiger partial charge is 0.309 e. The number of rotatable bonds is 5. The molecule has 0 unspecified atom stereocenters. The molecule has 4 heteroatoms. The zero-order valence-corrected chi connectivity index (χ0v) is 31.4. The van der Waals surface area contributed by atoms with Gasteiger partial charge in [-0.1, -0.05) is 152 Å². The number of aromatic nitrogens is 4. The van der Waals surface area contributed by atoms with Crippen molar-refractivity contribution in [1.29, 1.82) is 0 Å². The molecule has 0 spiro atoms. The van der Waals surface area contributed by atoms with Crippen LogP contribution >= 0.6 is 0 Å². The Morgan fingerprint density at radius 2 is 0.914 bits per heavy atom. The highest BCUT2D eigenvalue weighted by atomic mass is 15.0. The van der Waals surface area contributed by atoms with E-state index in [0.717, 1.165) is 61.5 Å². The fourth-order valence-electron chi connectivity index (χ4n) is 9.02. The molecule has 0 radical (unpaired) electrons. The Bertz CT molecular complexity index is 3550. The fraction of sp³-hybridized carbons (Fsp3) is 0. The van der Waals surface area contributed by atoms with E-state index >= 15 is 0 Å². The molecule has 12 rings (SSSR count).